The Labute approximate surface area is 340 Å². The van der Waals surface area contributed by atoms with Crippen LogP contribution in [0, 0.1) is 12.3 Å². The molecule has 1 spiro atoms. The zero-order valence-electron chi connectivity index (χ0n) is 33.3. The van der Waals surface area contributed by atoms with Gasteiger partial charge < -0.3 is 19.9 Å². The predicted octanol–water partition coefficient (Wildman–Crippen LogP) is 3.57. The number of hydrogen-bond acceptors (Lipinski definition) is 11. The number of hydrogen-bond donors (Lipinski definition) is 2. The molecule has 16 nitrogen and oxygen atoms in total. The minimum Gasteiger partial charge on any atom is -0.489 e. The molecule has 2 N–H and O–H groups in total. The fourth-order valence-electron chi connectivity index (χ4n) is 9.63. The Morgan fingerprint density at radius 1 is 1.00 bits per heavy atom. The standard InChI is InChI=1S/C43H47N9O7/c1-25(2)59-36-17-32-27(15-34(36)46-39(55)33-18-45-52-14-4-13-44-38(33)52)19-50(42(32)58)29-9-7-28(8-10-29)48-20-43(21-48)22-49(23-43)30-6-5-26(3)31(16-30)41(57)51(24-53)35-11-12-37(54)47-40(35)56/h4-6,13-18,24-25,28-29,35H,7-12,19-23H2,1-3H3,(H,46,55)(H,47,54,56). The molecule has 5 aliphatic rings. The second kappa shape index (κ2) is 14.9. The molecule has 16 heteroatoms. The third-order valence-corrected chi connectivity index (χ3v) is 12.6. The second-order valence-corrected chi connectivity index (χ2v) is 17.0. The Kier molecular flexibility index (Phi) is 9.69. The van der Waals surface area contributed by atoms with Crippen LogP contribution < -0.4 is 20.3 Å². The van der Waals surface area contributed by atoms with Gasteiger partial charge in [-0.1, -0.05) is 6.07 Å². The van der Waals surface area contributed by atoms with E-state index < -0.39 is 23.8 Å². The topological polar surface area (TPSA) is 179 Å². The van der Waals surface area contributed by atoms with Gasteiger partial charge in [0.25, 0.3) is 17.7 Å². The SMILES string of the molecule is Cc1ccc(N2CC3(C2)CN(C2CCC(N4Cc5cc(NC(=O)c6cnn7cccnc67)c(OC(C)C)cc5C4=O)CC2)C3)cc1C(=O)N(C=O)C1CCC(=O)NC1=O. The summed E-state index contributed by atoms with van der Waals surface area (Å²) in [7, 11) is 0. The maximum absolute atomic E-state index is 13.9. The summed E-state index contributed by atoms with van der Waals surface area (Å²) < 4.78 is 7.65. The van der Waals surface area contributed by atoms with Crippen molar-refractivity contribution >= 4 is 53.0 Å². The number of fused-ring (bicyclic) bond motifs is 2. The fourth-order valence-corrected chi connectivity index (χ4v) is 9.63. The molecule has 4 fully saturated rings. The van der Waals surface area contributed by atoms with E-state index in [9.17, 15) is 28.8 Å². The van der Waals surface area contributed by atoms with Gasteiger partial charge in [0.2, 0.25) is 18.2 Å². The molecule has 306 valence electrons. The maximum atomic E-state index is 13.9. The van der Waals surface area contributed by atoms with Crippen molar-refractivity contribution in [3.05, 3.63) is 82.8 Å². The van der Waals surface area contributed by atoms with Crippen LogP contribution in [0.15, 0.2) is 55.0 Å². The number of carbonyl (C=O) groups excluding carboxylic acids is 6. The number of imide groups is 2. The number of nitrogens with one attached hydrogen (secondary N) is 2. The molecule has 2 aromatic heterocycles. The smallest absolute Gasteiger partial charge is 0.261 e. The molecule has 59 heavy (non-hydrogen) atoms. The molecule has 3 saturated heterocycles. The molecule has 1 aliphatic carbocycles. The number of rotatable bonds is 10. The maximum Gasteiger partial charge on any atom is 0.261 e. The lowest BCUT2D eigenvalue weighted by Gasteiger charge is -2.63. The molecule has 2 aromatic carbocycles. The van der Waals surface area contributed by atoms with Gasteiger partial charge in [-0.25, -0.2) is 9.50 Å². The number of likely N-dealkylation sites (tertiary alicyclic amines) is 1. The Hall–Kier alpha value is -6.16. The minimum atomic E-state index is -1.02. The van der Waals surface area contributed by atoms with Crippen LogP contribution in [0.4, 0.5) is 11.4 Å². The van der Waals surface area contributed by atoms with Crippen molar-refractivity contribution < 1.29 is 33.5 Å². The van der Waals surface area contributed by atoms with Gasteiger partial charge in [0.05, 0.1) is 18.0 Å². The third-order valence-electron chi connectivity index (χ3n) is 12.6. The van der Waals surface area contributed by atoms with Crippen LogP contribution in [0.25, 0.3) is 5.65 Å². The van der Waals surface area contributed by atoms with Crippen molar-refractivity contribution in [1.82, 2.24) is 34.6 Å². The first kappa shape index (κ1) is 38.4. The number of aromatic nitrogens is 3. The summed E-state index contributed by atoms with van der Waals surface area (Å²) in [6.07, 6.45) is 9.06. The van der Waals surface area contributed by atoms with E-state index in [1.807, 2.05) is 36.9 Å². The fraction of sp³-hybridized carbons (Fsp3) is 0.442. The van der Waals surface area contributed by atoms with Crippen LogP contribution in [0.1, 0.15) is 94.6 Å². The van der Waals surface area contributed by atoms with Crippen LogP contribution in [0.3, 0.4) is 0 Å². The number of anilines is 2. The highest BCUT2D eigenvalue weighted by Gasteiger charge is 2.53. The molecule has 6 heterocycles. The van der Waals surface area contributed by atoms with E-state index in [0.29, 0.717) is 58.3 Å². The average molecular weight is 802 g/mol. The first-order chi connectivity index (χ1) is 28.4. The van der Waals surface area contributed by atoms with Crippen molar-refractivity contribution in [1.29, 1.82) is 0 Å². The lowest BCUT2D eigenvalue weighted by molar-refractivity contribution is -0.139. The lowest BCUT2D eigenvalue weighted by Crippen LogP contribution is -2.74. The number of amides is 6. The van der Waals surface area contributed by atoms with Crippen molar-refractivity contribution in [2.75, 3.05) is 36.4 Å². The minimum absolute atomic E-state index is 0.00461. The van der Waals surface area contributed by atoms with E-state index in [4.69, 9.17) is 4.74 Å². The molecular weight excluding hydrogens is 755 g/mol. The monoisotopic (exact) mass is 801 g/mol. The molecule has 1 unspecified atom stereocenters. The largest absolute Gasteiger partial charge is 0.489 e. The number of nitrogens with zero attached hydrogens (tertiary/aromatic N) is 7. The lowest BCUT2D eigenvalue weighted by atomic mass is 9.70. The number of carbonyl (C=O) groups is 6. The van der Waals surface area contributed by atoms with Crippen LogP contribution in [0.2, 0.25) is 0 Å². The number of ether oxygens (including phenoxy) is 1. The second-order valence-electron chi connectivity index (χ2n) is 17.0. The van der Waals surface area contributed by atoms with Gasteiger partial charge in [0.15, 0.2) is 5.65 Å². The average Bonchev–Trinajstić information content (AvgIpc) is 3.76. The van der Waals surface area contributed by atoms with Crippen molar-refractivity contribution in [2.45, 2.75) is 90.1 Å². The zero-order valence-corrected chi connectivity index (χ0v) is 33.3. The van der Waals surface area contributed by atoms with E-state index >= 15 is 0 Å². The molecule has 1 atom stereocenters. The van der Waals surface area contributed by atoms with Crippen molar-refractivity contribution in [3.8, 4) is 5.75 Å². The van der Waals surface area contributed by atoms with Crippen molar-refractivity contribution in [3.63, 3.8) is 0 Å². The van der Waals surface area contributed by atoms with Crippen molar-refractivity contribution in [2.24, 2.45) is 5.41 Å². The number of aryl methyl sites for hydroxylation is 1. The Morgan fingerprint density at radius 3 is 2.49 bits per heavy atom. The summed E-state index contributed by atoms with van der Waals surface area (Å²) in [5.74, 6) is -1.51. The van der Waals surface area contributed by atoms with E-state index in [-0.39, 0.29) is 42.2 Å². The molecule has 0 bridgehead atoms. The third kappa shape index (κ3) is 6.98. The van der Waals surface area contributed by atoms with Crippen LogP contribution in [0.5, 0.6) is 5.75 Å². The zero-order chi connectivity index (χ0) is 41.2. The summed E-state index contributed by atoms with van der Waals surface area (Å²) in [6.45, 7) is 9.82. The van der Waals surface area contributed by atoms with E-state index in [0.717, 1.165) is 68.0 Å². The Morgan fingerprint density at radius 2 is 1.76 bits per heavy atom. The van der Waals surface area contributed by atoms with Gasteiger partial charge in [-0.2, -0.15) is 5.10 Å². The Bertz CT molecular complexity index is 2390. The summed E-state index contributed by atoms with van der Waals surface area (Å²) in [5, 5.41) is 9.46. The van der Waals surface area contributed by atoms with E-state index in [1.165, 1.54) is 6.20 Å². The molecule has 4 aromatic rings. The summed E-state index contributed by atoms with van der Waals surface area (Å²) in [4.78, 5) is 88.9. The highest BCUT2D eigenvalue weighted by molar-refractivity contribution is 6.10. The highest BCUT2D eigenvalue weighted by atomic mass is 16.5. The summed E-state index contributed by atoms with van der Waals surface area (Å²) in [5.41, 5.74) is 4.91. The number of benzene rings is 2. The first-order valence-electron chi connectivity index (χ1n) is 20.4. The predicted molar refractivity (Wildman–Crippen MR) is 215 cm³/mol. The quantitative estimate of drug-likeness (QED) is 0.177. The van der Waals surface area contributed by atoms with Gasteiger partial charge in [-0.15, -0.1) is 0 Å². The van der Waals surface area contributed by atoms with Gasteiger partial charge in [-0.3, -0.25) is 43.9 Å². The molecular formula is C43H47N9O7. The summed E-state index contributed by atoms with van der Waals surface area (Å²) in [6, 6.07) is 10.6. The molecule has 6 amide bonds. The molecule has 1 saturated carbocycles. The van der Waals surface area contributed by atoms with Crippen LogP contribution >= 0.6 is 0 Å². The van der Waals surface area contributed by atoms with Gasteiger partial charge in [-0.05, 0) is 94.3 Å². The van der Waals surface area contributed by atoms with Gasteiger partial charge >= 0.3 is 0 Å². The molecule has 4 aliphatic heterocycles. The van der Waals surface area contributed by atoms with Gasteiger partial charge in [0, 0.05) is 85.9 Å². The highest BCUT2D eigenvalue weighted by Crippen LogP contribution is 2.45. The first-order valence-corrected chi connectivity index (χ1v) is 20.4. The van der Waals surface area contributed by atoms with E-state index in [1.54, 1.807) is 42.0 Å². The molecule has 0 radical (unpaired) electrons. The normalized spacial score (nSPS) is 22.5. The van der Waals surface area contributed by atoms with E-state index in [2.05, 4.69) is 30.5 Å². The number of piperidine rings is 1. The van der Waals surface area contributed by atoms with Gasteiger partial charge in [0.1, 0.15) is 17.4 Å². The van der Waals surface area contributed by atoms with Crippen LogP contribution in [-0.2, 0) is 20.9 Å². The Balaban J connectivity index is 0.791. The summed E-state index contributed by atoms with van der Waals surface area (Å²) >= 11 is 0. The molecule has 9 rings (SSSR count). The van der Waals surface area contributed by atoms with Crippen LogP contribution in [-0.4, -0.2) is 116 Å².